The summed E-state index contributed by atoms with van der Waals surface area (Å²) >= 11 is 7.45. The standard InChI is InChI=1S/C21H19ClFN5OS/c22-17-4-1-2-6-19(17)30-13-20(29)26-11-3-5-18-16(12-24)21(25)28(27-18)15-9-7-14(23)8-10-15/h1-2,4,6-10H,3,5,11,13,25H2,(H,26,29). The summed E-state index contributed by atoms with van der Waals surface area (Å²) in [6.07, 6.45) is 1.07. The highest BCUT2D eigenvalue weighted by Crippen LogP contribution is 2.26. The summed E-state index contributed by atoms with van der Waals surface area (Å²) in [7, 11) is 0. The van der Waals surface area contributed by atoms with Crippen LogP contribution in [-0.4, -0.2) is 28.0 Å². The lowest BCUT2D eigenvalue weighted by molar-refractivity contribution is -0.118. The van der Waals surface area contributed by atoms with E-state index < -0.39 is 0 Å². The molecule has 0 aliphatic heterocycles. The second-order valence-corrected chi connectivity index (χ2v) is 7.80. The molecule has 0 aliphatic rings. The van der Waals surface area contributed by atoms with Gasteiger partial charge in [-0.05, 0) is 49.2 Å². The SMILES string of the molecule is N#Cc1c(CCCNC(=O)CSc2ccccc2Cl)nn(-c2ccc(F)cc2)c1N. The molecule has 0 unspecified atom stereocenters. The molecular formula is C21H19ClFN5OS. The van der Waals surface area contributed by atoms with Crippen molar-refractivity contribution in [3.05, 3.63) is 70.6 Å². The van der Waals surface area contributed by atoms with E-state index >= 15 is 0 Å². The molecule has 0 radical (unpaired) electrons. The molecule has 2 aromatic carbocycles. The minimum atomic E-state index is -0.367. The van der Waals surface area contributed by atoms with Crippen LogP contribution < -0.4 is 11.1 Å². The van der Waals surface area contributed by atoms with Crippen LogP contribution in [0.4, 0.5) is 10.2 Å². The number of rotatable bonds is 8. The van der Waals surface area contributed by atoms with Crippen LogP contribution in [0.2, 0.25) is 5.02 Å². The molecule has 0 atom stereocenters. The number of carbonyl (C=O) groups excluding carboxylic acids is 1. The monoisotopic (exact) mass is 443 g/mol. The average Bonchev–Trinajstić information content (AvgIpc) is 3.06. The van der Waals surface area contributed by atoms with Gasteiger partial charge < -0.3 is 11.1 Å². The number of halogens is 2. The summed E-state index contributed by atoms with van der Waals surface area (Å²) in [5, 5.41) is 17.3. The van der Waals surface area contributed by atoms with Crippen molar-refractivity contribution in [1.29, 1.82) is 5.26 Å². The first kappa shape index (κ1) is 21.7. The summed E-state index contributed by atoms with van der Waals surface area (Å²) in [6.45, 7) is 0.441. The third-order valence-corrected chi connectivity index (χ3v) is 5.80. The molecule has 9 heteroatoms. The van der Waals surface area contributed by atoms with Crippen molar-refractivity contribution in [2.75, 3.05) is 18.0 Å². The van der Waals surface area contributed by atoms with Gasteiger partial charge in [0.05, 0.1) is 22.2 Å². The normalized spacial score (nSPS) is 10.6. The van der Waals surface area contributed by atoms with Gasteiger partial charge in [-0.3, -0.25) is 4.79 Å². The predicted molar refractivity (Wildman–Crippen MR) is 116 cm³/mol. The fraction of sp³-hybridized carbons (Fsp3) is 0.190. The van der Waals surface area contributed by atoms with Crippen LogP contribution in [0, 0.1) is 17.1 Å². The molecule has 0 spiro atoms. The first-order valence-electron chi connectivity index (χ1n) is 9.17. The number of hydrogen-bond acceptors (Lipinski definition) is 5. The predicted octanol–water partition coefficient (Wildman–Crippen LogP) is 3.96. The number of nitrogen functional groups attached to an aromatic ring is 1. The smallest absolute Gasteiger partial charge is 0.230 e. The Morgan fingerprint density at radius 1 is 1.27 bits per heavy atom. The fourth-order valence-electron chi connectivity index (χ4n) is 2.79. The maximum atomic E-state index is 13.1. The van der Waals surface area contributed by atoms with E-state index in [9.17, 15) is 14.4 Å². The molecule has 3 aromatic rings. The van der Waals surface area contributed by atoms with Gasteiger partial charge in [-0.1, -0.05) is 23.7 Å². The summed E-state index contributed by atoms with van der Waals surface area (Å²) in [5.41, 5.74) is 7.45. The van der Waals surface area contributed by atoms with Crippen molar-refractivity contribution in [3.8, 4) is 11.8 Å². The van der Waals surface area contributed by atoms with Gasteiger partial charge in [-0.2, -0.15) is 10.4 Å². The average molecular weight is 444 g/mol. The van der Waals surface area contributed by atoms with E-state index in [0.29, 0.717) is 41.4 Å². The molecule has 30 heavy (non-hydrogen) atoms. The number of aryl methyl sites for hydroxylation is 1. The molecule has 3 N–H and O–H groups in total. The lowest BCUT2D eigenvalue weighted by atomic mass is 10.1. The Balaban J connectivity index is 1.53. The summed E-state index contributed by atoms with van der Waals surface area (Å²) in [4.78, 5) is 12.9. The molecule has 0 fully saturated rings. The van der Waals surface area contributed by atoms with E-state index in [0.717, 1.165) is 4.90 Å². The highest BCUT2D eigenvalue weighted by Gasteiger charge is 2.16. The molecule has 1 heterocycles. The number of benzene rings is 2. The maximum absolute atomic E-state index is 13.1. The third kappa shape index (κ3) is 5.32. The first-order chi connectivity index (χ1) is 14.5. The number of carbonyl (C=O) groups is 1. The van der Waals surface area contributed by atoms with Gasteiger partial charge in [-0.25, -0.2) is 9.07 Å². The van der Waals surface area contributed by atoms with Crippen molar-refractivity contribution in [1.82, 2.24) is 15.1 Å². The van der Waals surface area contributed by atoms with Crippen molar-refractivity contribution in [3.63, 3.8) is 0 Å². The Labute approximate surface area is 182 Å². The maximum Gasteiger partial charge on any atom is 0.230 e. The Hall–Kier alpha value is -3.02. The number of nitrogens with two attached hydrogens (primary N) is 1. The highest BCUT2D eigenvalue weighted by atomic mass is 35.5. The van der Waals surface area contributed by atoms with Crippen LogP contribution in [0.5, 0.6) is 0 Å². The molecular weight excluding hydrogens is 425 g/mol. The van der Waals surface area contributed by atoms with Gasteiger partial charge in [-0.15, -0.1) is 11.8 Å². The van der Waals surface area contributed by atoms with Gasteiger partial charge in [0.25, 0.3) is 0 Å². The number of nitriles is 1. The fourth-order valence-corrected chi connectivity index (χ4v) is 3.86. The van der Waals surface area contributed by atoms with Gasteiger partial charge in [0, 0.05) is 11.4 Å². The zero-order chi connectivity index (χ0) is 21.5. The van der Waals surface area contributed by atoms with Gasteiger partial charge in [0.15, 0.2) is 0 Å². The van der Waals surface area contributed by atoms with E-state index in [4.69, 9.17) is 17.3 Å². The van der Waals surface area contributed by atoms with Gasteiger partial charge >= 0.3 is 0 Å². The third-order valence-electron chi connectivity index (χ3n) is 4.28. The molecule has 0 aliphatic carbocycles. The molecule has 3 rings (SSSR count). The molecule has 1 aromatic heterocycles. The van der Waals surface area contributed by atoms with Gasteiger partial charge in [0.1, 0.15) is 23.3 Å². The number of thioether (sulfide) groups is 1. The number of anilines is 1. The molecule has 0 saturated carbocycles. The highest BCUT2D eigenvalue weighted by molar-refractivity contribution is 8.00. The second kappa shape index (κ2) is 10.1. The number of aromatic nitrogens is 2. The number of amides is 1. The Kier molecular flexibility index (Phi) is 7.33. The van der Waals surface area contributed by atoms with Crippen molar-refractivity contribution in [2.45, 2.75) is 17.7 Å². The topological polar surface area (TPSA) is 96.7 Å². The second-order valence-electron chi connectivity index (χ2n) is 6.38. The minimum absolute atomic E-state index is 0.100. The van der Waals surface area contributed by atoms with Gasteiger partial charge in [0.2, 0.25) is 5.91 Å². The largest absolute Gasteiger partial charge is 0.382 e. The molecule has 154 valence electrons. The van der Waals surface area contributed by atoms with Crippen LogP contribution in [0.25, 0.3) is 5.69 Å². The Morgan fingerprint density at radius 2 is 2.00 bits per heavy atom. The number of nitrogens with one attached hydrogen (secondary N) is 1. The summed E-state index contributed by atoms with van der Waals surface area (Å²) in [6, 6.07) is 15.1. The zero-order valence-corrected chi connectivity index (χ0v) is 17.5. The summed E-state index contributed by atoms with van der Waals surface area (Å²) in [5.74, 6) is 0.00369. The molecule has 1 amide bonds. The molecule has 0 saturated heterocycles. The molecule has 6 nitrogen and oxygen atoms in total. The van der Waals surface area contributed by atoms with Crippen molar-refractivity contribution >= 4 is 35.1 Å². The molecule has 0 bridgehead atoms. The van der Waals surface area contributed by atoms with E-state index in [2.05, 4.69) is 16.5 Å². The van der Waals surface area contributed by atoms with E-state index in [-0.39, 0.29) is 23.3 Å². The Bertz CT molecular complexity index is 1080. The lowest BCUT2D eigenvalue weighted by Crippen LogP contribution is -2.26. The van der Waals surface area contributed by atoms with Crippen LogP contribution in [0.1, 0.15) is 17.7 Å². The van der Waals surface area contributed by atoms with Crippen LogP contribution in [0.3, 0.4) is 0 Å². The van der Waals surface area contributed by atoms with Crippen molar-refractivity contribution < 1.29 is 9.18 Å². The van der Waals surface area contributed by atoms with E-state index in [1.165, 1.54) is 28.6 Å². The number of hydrogen-bond donors (Lipinski definition) is 2. The first-order valence-corrected chi connectivity index (χ1v) is 10.5. The zero-order valence-electron chi connectivity index (χ0n) is 15.9. The minimum Gasteiger partial charge on any atom is -0.382 e. The quantitative estimate of drug-likeness (QED) is 0.405. The van der Waals surface area contributed by atoms with E-state index in [1.807, 2.05) is 18.2 Å². The van der Waals surface area contributed by atoms with Crippen LogP contribution >= 0.6 is 23.4 Å². The Morgan fingerprint density at radius 3 is 2.70 bits per heavy atom. The van der Waals surface area contributed by atoms with Crippen LogP contribution in [0.15, 0.2) is 53.4 Å². The van der Waals surface area contributed by atoms with Crippen LogP contribution in [-0.2, 0) is 11.2 Å². The van der Waals surface area contributed by atoms with E-state index in [1.54, 1.807) is 18.2 Å². The lowest BCUT2D eigenvalue weighted by Gasteiger charge is -2.06. The van der Waals surface area contributed by atoms with Crippen molar-refractivity contribution in [2.24, 2.45) is 0 Å². The number of nitrogens with zero attached hydrogens (tertiary/aromatic N) is 3. The summed E-state index contributed by atoms with van der Waals surface area (Å²) < 4.78 is 14.6.